The van der Waals surface area contributed by atoms with Gasteiger partial charge in [0.05, 0.1) is 11.5 Å². The van der Waals surface area contributed by atoms with Gasteiger partial charge in [-0.2, -0.15) is 4.98 Å². The van der Waals surface area contributed by atoms with Crippen LogP contribution in [0, 0.1) is 13.8 Å². The van der Waals surface area contributed by atoms with Crippen molar-refractivity contribution in [3.05, 3.63) is 88.2 Å². The lowest BCUT2D eigenvalue weighted by atomic mass is 9.91. The van der Waals surface area contributed by atoms with E-state index in [0.717, 1.165) is 11.1 Å². The number of halogens is 1. The lowest BCUT2D eigenvalue weighted by Gasteiger charge is -2.14. The fourth-order valence-corrected chi connectivity index (χ4v) is 3.49. The highest BCUT2D eigenvalue weighted by Crippen LogP contribution is 2.31. The molecule has 7 heteroatoms. The minimum atomic E-state index is -0.146. The monoisotopic (exact) mass is 419 g/mol. The molecule has 1 unspecified atom stereocenters. The highest BCUT2D eigenvalue weighted by Gasteiger charge is 2.24. The van der Waals surface area contributed by atoms with Gasteiger partial charge in [0.15, 0.2) is 0 Å². The van der Waals surface area contributed by atoms with Crippen LogP contribution in [0.5, 0.6) is 0 Å². The summed E-state index contributed by atoms with van der Waals surface area (Å²) in [5, 5.41) is 7.73. The van der Waals surface area contributed by atoms with Gasteiger partial charge in [0, 0.05) is 19.4 Å². The number of hydrogen-bond donors (Lipinski definition) is 1. The lowest BCUT2D eigenvalue weighted by Crippen LogP contribution is -2.07. The first-order valence-electron chi connectivity index (χ1n) is 9.69. The summed E-state index contributed by atoms with van der Waals surface area (Å²) in [4.78, 5) is 13.3. The molecule has 1 N–H and O–H groups in total. The number of aromatic nitrogens is 4. The molecule has 0 bridgehead atoms. The van der Waals surface area contributed by atoms with Crippen LogP contribution in [0.15, 0.2) is 59.4 Å². The molecule has 0 amide bonds. The summed E-state index contributed by atoms with van der Waals surface area (Å²) in [6, 6.07) is 14.0. The van der Waals surface area contributed by atoms with Crippen LogP contribution in [0.2, 0.25) is 5.15 Å². The first-order chi connectivity index (χ1) is 14.5. The van der Waals surface area contributed by atoms with E-state index < -0.39 is 0 Å². The Morgan fingerprint density at radius 1 is 1.07 bits per heavy atom. The molecule has 0 aliphatic rings. The van der Waals surface area contributed by atoms with Crippen molar-refractivity contribution in [2.75, 3.05) is 12.4 Å². The molecular formula is C23H22ClN5O. The predicted octanol–water partition coefficient (Wildman–Crippen LogP) is 5.21. The van der Waals surface area contributed by atoms with Gasteiger partial charge < -0.3 is 9.84 Å². The number of anilines is 1. The number of nitrogens with zero attached hydrogens (tertiary/aromatic N) is 4. The zero-order valence-corrected chi connectivity index (χ0v) is 17.8. The predicted molar refractivity (Wildman–Crippen MR) is 118 cm³/mol. The summed E-state index contributed by atoms with van der Waals surface area (Å²) in [6.45, 7) is 4.22. The second kappa shape index (κ2) is 8.63. The van der Waals surface area contributed by atoms with Crippen molar-refractivity contribution in [3.8, 4) is 11.4 Å². The van der Waals surface area contributed by atoms with Crippen molar-refractivity contribution in [1.29, 1.82) is 0 Å². The van der Waals surface area contributed by atoms with Crippen LogP contribution < -0.4 is 5.32 Å². The number of benzene rings is 1. The molecule has 0 aliphatic heterocycles. The van der Waals surface area contributed by atoms with Crippen molar-refractivity contribution >= 4 is 17.4 Å². The summed E-state index contributed by atoms with van der Waals surface area (Å²) in [6.07, 6.45) is 4.19. The molecule has 0 fully saturated rings. The van der Waals surface area contributed by atoms with Gasteiger partial charge in [-0.1, -0.05) is 41.0 Å². The summed E-state index contributed by atoms with van der Waals surface area (Å²) in [5.41, 5.74) is 5.46. The Labute approximate surface area is 180 Å². The van der Waals surface area contributed by atoms with Crippen LogP contribution in [0.3, 0.4) is 0 Å². The van der Waals surface area contributed by atoms with E-state index in [2.05, 4.69) is 52.5 Å². The molecule has 0 radical (unpaired) electrons. The van der Waals surface area contributed by atoms with Crippen LogP contribution in [0.1, 0.15) is 34.1 Å². The molecule has 1 atom stereocenters. The smallest absolute Gasteiger partial charge is 0.234 e. The van der Waals surface area contributed by atoms with Crippen LogP contribution in [-0.4, -0.2) is 27.2 Å². The van der Waals surface area contributed by atoms with Crippen molar-refractivity contribution in [1.82, 2.24) is 20.1 Å². The SMILES string of the molecule is CNc1ncccc1-c1noc(C(Cc2ccc(C)c(C)c2)c2ccc(Cl)nc2)n1. The molecule has 1 aromatic carbocycles. The maximum absolute atomic E-state index is 6.00. The largest absolute Gasteiger partial charge is 0.373 e. The third-order valence-electron chi connectivity index (χ3n) is 5.19. The lowest BCUT2D eigenvalue weighted by molar-refractivity contribution is 0.365. The average Bonchev–Trinajstić information content (AvgIpc) is 3.25. The molecular weight excluding hydrogens is 398 g/mol. The van der Waals surface area contributed by atoms with Crippen LogP contribution in [0.25, 0.3) is 11.4 Å². The molecule has 30 heavy (non-hydrogen) atoms. The summed E-state index contributed by atoms with van der Waals surface area (Å²) in [5.74, 6) is 1.57. The van der Waals surface area contributed by atoms with E-state index in [1.807, 2.05) is 25.2 Å². The molecule has 152 valence electrons. The van der Waals surface area contributed by atoms with E-state index in [4.69, 9.17) is 21.1 Å². The average molecular weight is 420 g/mol. The highest BCUT2D eigenvalue weighted by atomic mass is 35.5. The topological polar surface area (TPSA) is 76.7 Å². The Morgan fingerprint density at radius 3 is 2.67 bits per heavy atom. The number of nitrogens with one attached hydrogen (secondary N) is 1. The molecule has 3 aromatic heterocycles. The second-order valence-electron chi connectivity index (χ2n) is 7.20. The van der Waals surface area contributed by atoms with Gasteiger partial charge >= 0.3 is 0 Å². The zero-order chi connectivity index (χ0) is 21.1. The quantitative estimate of drug-likeness (QED) is 0.432. The standard InChI is InChI=1S/C23H22ClN5O/c1-14-6-7-16(11-15(14)2)12-19(17-8-9-20(24)27-13-17)23-28-22(29-30-23)18-5-4-10-26-21(18)25-3/h4-11,13,19H,12H2,1-3H3,(H,25,26). The minimum absolute atomic E-state index is 0.146. The molecule has 4 rings (SSSR count). The molecule has 3 heterocycles. The van der Waals surface area contributed by atoms with Crippen LogP contribution in [-0.2, 0) is 6.42 Å². The number of rotatable bonds is 6. The van der Waals surface area contributed by atoms with Crippen molar-refractivity contribution in [2.45, 2.75) is 26.2 Å². The van der Waals surface area contributed by atoms with Gasteiger partial charge in [-0.3, -0.25) is 0 Å². The molecule has 4 aromatic rings. The number of pyridine rings is 2. The van der Waals surface area contributed by atoms with E-state index >= 15 is 0 Å². The molecule has 0 aliphatic carbocycles. The maximum atomic E-state index is 6.00. The second-order valence-corrected chi connectivity index (χ2v) is 7.58. The number of aryl methyl sites for hydroxylation is 2. The first-order valence-corrected chi connectivity index (χ1v) is 10.1. The number of hydrogen-bond acceptors (Lipinski definition) is 6. The Balaban J connectivity index is 1.73. The highest BCUT2D eigenvalue weighted by molar-refractivity contribution is 6.29. The molecule has 0 saturated carbocycles. The summed E-state index contributed by atoms with van der Waals surface area (Å²) >= 11 is 6.00. The zero-order valence-electron chi connectivity index (χ0n) is 17.1. The van der Waals surface area contributed by atoms with Gasteiger partial charge in [0.2, 0.25) is 11.7 Å². The van der Waals surface area contributed by atoms with Crippen LogP contribution in [0.4, 0.5) is 5.82 Å². The minimum Gasteiger partial charge on any atom is -0.373 e. The Bertz CT molecular complexity index is 1160. The third-order valence-corrected chi connectivity index (χ3v) is 5.41. The van der Waals surface area contributed by atoms with Gasteiger partial charge in [0.1, 0.15) is 11.0 Å². The maximum Gasteiger partial charge on any atom is 0.234 e. The Kier molecular flexibility index (Phi) is 5.77. The Hall–Kier alpha value is -3.25. The van der Waals surface area contributed by atoms with Crippen molar-refractivity contribution in [3.63, 3.8) is 0 Å². The molecule has 6 nitrogen and oxygen atoms in total. The summed E-state index contributed by atoms with van der Waals surface area (Å²) < 4.78 is 5.71. The molecule has 0 saturated heterocycles. The van der Waals surface area contributed by atoms with Crippen molar-refractivity contribution in [2.24, 2.45) is 0 Å². The van der Waals surface area contributed by atoms with Crippen molar-refractivity contribution < 1.29 is 4.52 Å². The van der Waals surface area contributed by atoms with E-state index in [9.17, 15) is 0 Å². The van der Waals surface area contributed by atoms with Gasteiger partial charge in [-0.15, -0.1) is 0 Å². The third kappa shape index (κ3) is 4.19. The van der Waals surface area contributed by atoms with E-state index in [1.54, 1.807) is 18.5 Å². The van der Waals surface area contributed by atoms with Crippen LogP contribution >= 0.6 is 11.6 Å². The fourth-order valence-electron chi connectivity index (χ4n) is 3.38. The van der Waals surface area contributed by atoms with Gasteiger partial charge in [0.25, 0.3) is 0 Å². The van der Waals surface area contributed by atoms with E-state index in [0.29, 0.717) is 29.1 Å². The molecule has 0 spiro atoms. The van der Waals surface area contributed by atoms with Gasteiger partial charge in [-0.25, -0.2) is 9.97 Å². The van der Waals surface area contributed by atoms with Gasteiger partial charge in [-0.05, 0) is 60.7 Å². The normalized spacial score (nSPS) is 12.0. The fraction of sp³-hybridized carbons (Fsp3) is 0.217. The first kappa shape index (κ1) is 20.0. The summed E-state index contributed by atoms with van der Waals surface area (Å²) in [7, 11) is 1.81. The van der Waals surface area contributed by atoms with E-state index in [-0.39, 0.29) is 5.92 Å². The van der Waals surface area contributed by atoms with E-state index in [1.165, 1.54) is 16.7 Å². The Morgan fingerprint density at radius 2 is 1.93 bits per heavy atom.